The number of aliphatic hydroxyl groups excluding tert-OH is 1. The number of hydrogen-bond acceptors (Lipinski definition) is 7. The predicted molar refractivity (Wildman–Crippen MR) is 78.2 cm³/mol. The van der Waals surface area contributed by atoms with Crippen molar-refractivity contribution >= 4 is 28.2 Å². The molecule has 0 saturated carbocycles. The van der Waals surface area contributed by atoms with Gasteiger partial charge in [0.05, 0.1) is 19.3 Å². The fraction of sp³-hybridized carbons (Fsp3) is 0.667. The lowest BCUT2D eigenvalue weighted by Crippen LogP contribution is -2.36. The monoisotopic (exact) mass is 300 g/mol. The summed E-state index contributed by atoms with van der Waals surface area (Å²) >= 11 is 1.29. The fourth-order valence-electron chi connectivity index (χ4n) is 1.85. The molecule has 2 rings (SSSR count). The van der Waals surface area contributed by atoms with Gasteiger partial charge in [0.15, 0.2) is 5.13 Å². The number of thiazole rings is 1. The number of anilines is 2. The largest absolute Gasteiger partial charge is 0.393 e. The molecule has 112 valence electrons. The smallest absolute Gasteiger partial charge is 0.265 e. The van der Waals surface area contributed by atoms with Crippen molar-refractivity contribution in [3.05, 3.63) is 4.88 Å². The van der Waals surface area contributed by atoms with Crippen molar-refractivity contribution in [2.24, 2.45) is 0 Å². The van der Waals surface area contributed by atoms with Crippen LogP contribution in [0.3, 0.4) is 0 Å². The molecule has 1 saturated heterocycles. The van der Waals surface area contributed by atoms with Crippen molar-refractivity contribution in [3.8, 4) is 0 Å². The van der Waals surface area contributed by atoms with E-state index in [1.165, 1.54) is 11.3 Å². The quantitative estimate of drug-likeness (QED) is 0.711. The molecule has 1 unspecified atom stereocenters. The van der Waals surface area contributed by atoms with Gasteiger partial charge >= 0.3 is 0 Å². The van der Waals surface area contributed by atoms with Crippen LogP contribution in [0.4, 0.5) is 10.9 Å². The highest BCUT2D eigenvalue weighted by Crippen LogP contribution is 2.28. The van der Waals surface area contributed by atoms with Crippen molar-refractivity contribution in [3.63, 3.8) is 0 Å². The first-order valence-electron chi connectivity index (χ1n) is 6.63. The molecule has 7 nitrogen and oxygen atoms in total. The Bertz CT molecular complexity index is 458. The Morgan fingerprint density at radius 3 is 2.95 bits per heavy atom. The highest BCUT2D eigenvalue weighted by Gasteiger charge is 2.20. The van der Waals surface area contributed by atoms with E-state index in [0.29, 0.717) is 31.1 Å². The molecule has 1 aromatic heterocycles. The van der Waals surface area contributed by atoms with E-state index in [1.54, 1.807) is 6.92 Å². The molecule has 1 fully saturated rings. The second-order valence-corrected chi connectivity index (χ2v) is 5.68. The van der Waals surface area contributed by atoms with E-state index in [9.17, 15) is 4.79 Å². The van der Waals surface area contributed by atoms with E-state index >= 15 is 0 Å². The number of amides is 1. The highest BCUT2D eigenvalue weighted by molar-refractivity contribution is 7.18. The van der Waals surface area contributed by atoms with E-state index in [2.05, 4.69) is 15.2 Å². The molecule has 0 bridgehead atoms. The highest BCUT2D eigenvalue weighted by atomic mass is 32.1. The number of morpholine rings is 1. The summed E-state index contributed by atoms with van der Waals surface area (Å²) in [6.45, 7) is 4.95. The second-order valence-electron chi connectivity index (χ2n) is 4.70. The van der Waals surface area contributed by atoms with E-state index in [1.807, 2.05) is 0 Å². The first kappa shape index (κ1) is 15.0. The van der Waals surface area contributed by atoms with Crippen molar-refractivity contribution in [1.82, 2.24) is 10.3 Å². The van der Waals surface area contributed by atoms with E-state index < -0.39 is 6.10 Å². The summed E-state index contributed by atoms with van der Waals surface area (Å²) in [4.78, 5) is 18.7. The summed E-state index contributed by atoms with van der Waals surface area (Å²) in [6, 6.07) is 0. The molecule has 2 heterocycles. The van der Waals surface area contributed by atoms with Crippen LogP contribution >= 0.6 is 11.3 Å². The van der Waals surface area contributed by atoms with Crippen LogP contribution in [0.5, 0.6) is 0 Å². The van der Waals surface area contributed by atoms with Gasteiger partial charge < -0.3 is 25.8 Å². The minimum atomic E-state index is -0.432. The van der Waals surface area contributed by atoms with E-state index in [-0.39, 0.29) is 11.7 Å². The molecule has 20 heavy (non-hydrogen) atoms. The Morgan fingerprint density at radius 1 is 1.60 bits per heavy atom. The molecule has 1 amide bonds. The summed E-state index contributed by atoms with van der Waals surface area (Å²) < 4.78 is 5.28. The van der Waals surface area contributed by atoms with Crippen LogP contribution in [0.2, 0.25) is 0 Å². The number of aromatic nitrogens is 1. The van der Waals surface area contributed by atoms with Crippen molar-refractivity contribution < 1.29 is 14.6 Å². The number of nitrogens with zero attached hydrogens (tertiary/aromatic N) is 2. The van der Waals surface area contributed by atoms with Gasteiger partial charge in [0.2, 0.25) is 0 Å². The van der Waals surface area contributed by atoms with Crippen LogP contribution < -0.4 is 16.0 Å². The van der Waals surface area contributed by atoms with Crippen LogP contribution in [0, 0.1) is 0 Å². The molecule has 4 N–H and O–H groups in total. The van der Waals surface area contributed by atoms with Crippen molar-refractivity contribution in [2.45, 2.75) is 19.4 Å². The maximum atomic E-state index is 12.0. The average molecular weight is 300 g/mol. The van der Waals surface area contributed by atoms with Gasteiger partial charge in [-0.2, -0.15) is 0 Å². The zero-order valence-corrected chi connectivity index (χ0v) is 12.3. The maximum Gasteiger partial charge on any atom is 0.265 e. The number of carbonyl (C=O) groups is 1. The van der Waals surface area contributed by atoms with Gasteiger partial charge in [-0.25, -0.2) is 4.98 Å². The Morgan fingerprint density at radius 2 is 2.30 bits per heavy atom. The molecule has 1 aliphatic rings. The zero-order valence-electron chi connectivity index (χ0n) is 11.5. The second kappa shape index (κ2) is 6.87. The molecule has 8 heteroatoms. The lowest BCUT2D eigenvalue weighted by molar-refractivity contribution is 0.0950. The fourth-order valence-corrected chi connectivity index (χ4v) is 2.80. The van der Waals surface area contributed by atoms with Crippen LogP contribution in [0.15, 0.2) is 0 Å². The first-order chi connectivity index (χ1) is 9.58. The third-order valence-electron chi connectivity index (χ3n) is 2.98. The lowest BCUT2D eigenvalue weighted by Gasteiger charge is -2.25. The molecular formula is C12H20N4O3S. The molecule has 1 atom stereocenters. The summed E-state index contributed by atoms with van der Waals surface area (Å²) in [5.41, 5.74) is 5.81. The molecule has 0 spiro atoms. The summed E-state index contributed by atoms with van der Waals surface area (Å²) in [6.07, 6.45) is 0.0823. The molecular weight excluding hydrogens is 280 g/mol. The summed E-state index contributed by atoms with van der Waals surface area (Å²) in [7, 11) is 0. The number of ether oxygens (including phenoxy) is 1. The average Bonchev–Trinajstić information content (AvgIpc) is 2.81. The summed E-state index contributed by atoms with van der Waals surface area (Å²) in [5, 5.41) is 12.7. The number of carbonyl (C=O) groups excluding carboxylic acids is 1. The Labute approximate surface area is 121 Å². The molecule has 0 radical (unpaired) electrons. The van der Waals surface area contributed by atoms with E-state index in [4.69, 9.17) is 15.6 Å². The van der Waals surface area contributed by atoms with Crippen LogP contribution in [0.1, 0.15) is 23.0 Å². The molecule has 0 aliphatic carbocycles. The van der Waals surface area contributed by atoms with Crippen LogP contribution in [0.25, 0.3) is 0 Å². The lowest BCUT2D eigenvalue weighted by atomic mass is 10.3. The third-order valence-corrected chi connectivity index (χ3v) is 4.11. The first-order valence-corrected chi connectivity index (χ1v) is 7.45. The normalized spacial score (nSPS) is 17.0. The van der Waals surface area contributed by atoms with Crippen molar-refractivity contribution in [1.29, 1.82) is 0 Å². The Hall–Kier alpha value is -1.38. The number of rotatable bonds is 5. The van der Waals surface area contributed by atoms with Gasteiger partial charge in [-0.1, -0.05) is 11.3 Å². The molecule has 0 aromatic carbocycles. The number of nitrogen functional groups attached to an aromatic ring is 1. The van der Waals surface area contributed by atoms with Crippen LogP contribution in [-0.2, 0) is 4.74 Å². The number of nitrogens with two attached hydrogens (primary N) is 1. The van der Waals surface area contributed by atoms with Gasteiger partial charge in [-0.3, -0.25) is 4.79 Å². The van der Waals surface area contributed by atoms with Gasteiger partial charge in [0, 0.05) is 19.6 Å². The van der Waals surface area contributed by atoms with Gasteiger partial charge in [-0.05, 0) is 13.3 Å². The zero-order chi connectivity index (χ0) is 14.5. The number of aliphatic hydroxyl groups is 1. The summed E-state index contributed by atoms with van der Waals surface area (Å²) in [5.74, 6) is 0.0196. The van der Waals surface area contributed by atoms with E-state index in [0.717, 1.165) is 18.2 Å². The maximum absolute atomic E-state index is 12.0. The van der Waals surface area contributed by atoms with Crippen molar-refractivity contribution in [2.75, 3.05) is 43.5 Å². The van der Waals surface area contributed by atoms with Crippen LogP contribution in [-0.4, -0.2) is 54.9 Å². The number of hydrogen-bond donors (Lipinski definition) is 3. The van der Waals surface area contributed by atoms with Gasteiger partial charge in [0.1, 0.15) is 10.7 Å². The SMILES string of the molecule is CC(O)CCNC(=O)c1sc(N2CCOCC2)nc1N. The Balaban J connectivity index is 1.97. The molecule has 1 aliphatic heterocycles. The Kier molecular flexibility index (Phi) is 5.16. The predicted octanol–water partition coefficient (Wildman–Crippen LogP) is 0.0626. The van der Waals surface area contributed by atoms with Gasteiger partial charge in [0.25, 0.3) is 5.91 Å². The standard InChI is InChI=1S/C12H20N4O3S/c1-8(17)2-3-14-11(18)9-10(13)15-12(20-9)16-4-6-19-7-5-16/h8,17H,2-7,13H2,1H3,(H,14,18). The molecule has 1 aromatic rings. The van der Waals surface area contributed by atoms with Gasteiger partial charge in [-0.15, -0.1) is 0 Å². The minimum absolute atomic E-state index is 0.236. The topological polar surface area (TPSA) is 101 Å². The minimum Gasteiger partial charge on any atom is -0.393 e. The number of nitrogens with one attached hydrogen (secondary N) is 1. The third kappa shape index (κ3) is 3.81.